The summed E-state index contributed by atoms with van der Waals surface area (Å²) in [5.74, 6) is 0.0858. The monoisotopic (exact) mass is 431 g/mol. The zero-order valence-corrected chi connectivity index (χ0v) is 18.7. The zero-order chi connectivity index (χ0) is 22.0. The molecule has 32 heavy (non-hydrogen) atoms. The van der Waals surface area contributed by atoms with Crippen LogP contribution in [0.15, 0.2) is 41.2 Å². The Morgan fingerprint density at radius 1 is 1.19 bits per heavy atom. The molecular formula is C23H26LiN3O5. The smallest absolute Gasteiger partial charge is 0.550 e. The first-order valence-corrected chi connectivity index (χ1v) is 10.5. The fourth-order valence-corrected chi connectivity index (χ4v) is 4.26. The number of aryl methyl sites for hydroxylation is 1. The number of carbonyl (C=O) groups excluding carboxylic acids is 1. The van der Waals surface area contributed by atoms with Gasteiger partial charge in [-0.15, -0.1) is 0 Å². The van der Waals surface area contributed by atoms with Gasteiger partial charge < -0.3 is 19.4 Å². The molecule has 0 spiro atoms. The van der Waals surface area contributed by atoms with Crippen LogP contribution in [0.25, 0.3) is 11.2 Å². The predicted molar refractivity (Wildman–Crippen MR) is 113 cm³/mol. The van der Waals surface area contributed by atoms with E-state index in [1.165, 1.54) is 0 Å². The van der Waals surface area contributed by atoms with Crippen molar-refractivity contribution in [2.75, 3.05) is 7.11 Å². The number of aromatic nitrogens is 3. The summed E-state index contributed by atoms with van der Waals surface area (Å²) >= 11 is 0. The van der Waals surface area contributed by atoms with Crippen LogP contribution in [0.1, 0.15) is 31.2 Å². The summed E-state index contributed by atoms with van der Waals surface area (Å²) in [6.07, 6.45) is 2.70. The number of carbonyl (C=O) groups is 1. The second kappa shape index (κ2) is 10.3. The van der Waals surface area contributed by atoms with Crippen molar-refractivity contribution in [3.63, 3.8) is 0 Å². The van der Waals surface area contributed by atoms with Gasteiger partial charge in [-0.2, -0.15) is 4.98 Å². The normalized spacial score (nSPS) is 18.2. The molecule has 0 bridgehead atoms. The third-order valence-electron chi connectivity index (χ3n) is 6.11. The van der Waals surface area contributed by atoms with Crippen LogP contribution < -0.4 is 39.1 Å². The number of imidazole rings is 1. The van der Waals surface area contributed by atoms with Crippen molar-refractivity contribution in [2.45, 2.75) is 38.8 Å². The van der Waals surface area contributed by atoms with Crippen molar-refractivity contribution in [3.8, 4) is 11.6 Å². The Morgan fingerprint density at radius 3 is 2.62 bits per heavy atom. The third-order valence-corrected chi connectivity index (χ3v) is 6.11. The van der Waals surface area contributed by atoms with E-state index in [1.807, 2.05) is 30.3 Å². The van der Waals surface area contributed by atoms with Crippen molar-refractivity contribution in [3.05, 3.63) is 52.4 Å². The number of ether oxygens (including phenoxy) is 2. The van der Waals surface area contributed by atoms with Gasteiger partial charge in [-0.1, -0.05) is 12.1 Å². The Bertz CT molecular complexity index is 1150. The fourth-order valence-electron chi connectivity index (χ4n) is 4.26. The molecule has 3 aromatic rings. The van der Waals surface area contributed by atoms with Crippen LogP contribution >= 0.6 is 0 Å². The van der Waals surface area contributed by atoms with E-state index in [1.54, 1.807) is 29.4 Å². The van der Waals surface area contributed by atoms with Gasteiger partial charge >= 0.3 is 24.6 Å². The zero-order valence-electron chi connectivity index (χ0n) is 18.7. The topological polar surface area (TPSA) is 98.4 Å². The summed E-state index contributed by atoms with van der Waals surface area (Å²) in [6.45, 7) is 0.849. The molecule has 0 atom stereocenters. The van der Waals surface area contributed by atoms with Crippen LogP contribution in [0.4, 0.5) is 0 Å². The number of hydrogen-bond acceptors (Lipinski definition) is 6. The van der Waals surface area contributed by atoms with E-state index >= 15 is 0 Å². The largest absolute Gasteiger partial charge is 1.00 e. The molecule has 8 nitrogen and oxygen atoms in total. The van der Waals surface area contributed by atoms with E-state index in [9.17, 15) is 14.7 Å². The standard InChI is InChI=1S/C23H27N3O5.Li/c1-25-19-10-11-20(31-14-16-4-3-5-18(12-16)30-2)24-21(19)26(23(25)29)13-15-6-8-17(9-7-15)22(27)28;/h3-5,10-12,15,17H,6-9,13-14H2,1-2H3,(H,27,28);/q;+1/p-1. The molecule has 0 unspecified atom stereocenters. The third kappa shape index (κ3) is 5.03. The van der Waals surface area contributed by atoms with E-state index in [0.29, 0.717) is 37.5 Å². The number of benzene rings is 1. The number of nitrogens with zero attached hydrogens (tertiary/aromatic N) is 3. The first kappa shape index (κ1) is 24.0. The Balaban J connectivity index is 0.00000289. The Hall–Kier alpha value is -2.69. The molecule has 0 radical (unpaired) electrons. The summed E-state index contributed by atoms with van der Waals surface area (Å²) in [7, 11) is 3.35. The Labute approximate surface area is 198 Å². The minimum absolute atomic E-state index is 0. The number of carboxylic acid groups (broad SMARTS) is 1. The summed E-state index contributed by atoms with van der Waals surface area (Å²) in [5.41, 5.74) is 2.14. The SMILES string of the molecule is COc1cccc(COc2ccc3c(n2)n(CC2CCC(C(=O)[O-])CC2)c(=O)n3C)c1.[Li+]. The first-order chi connectivity index (χ1) is 15.0. The maximum absolute atomic E-state index is 12.8. The number of pyridine rings is 1. The maximum atomic E-state index is 12.8. The van der Waals surface area contributed by atoms with E-state index in [4.69, 9.17) is 9.47 Å². The number of rotatable bonds is 7. The molecule has 1 aliphatic rings. The number of carboxylic acids is 1. The number of fused-ring (bicyclic) bond motifs is 1. The summed E-state index contributed by atoms with van der Waals surface area (Å²) in [4.78, 5) is 28.5. The van der Waals surface area contributed by atoms with Crippen molar-refractivity contribution >= 4 is 17.1 Å². The number of methoxy groups -OCH3 is 1. The minimum Gasteiger partial charge on any atom is -0.550 e. The van der Waals surface area contributed by atoms with E-state index in [-0.39, 0.29) is 36.4 Å². The molecule has 1 aliphatic carbocycles. The molecule has 0 N–H and O–H groups in total. The van der Waals surface area contributed by atoms with Gasteiger partial charge in [0.2, 0.25) is 5.88 Å². The van der Waals surface area contributed by atoms with Crippen LogP contribution in [0.5, 0.6) is 11.6 Å². The fraction of sp³-hybridized carbons (Fsp3) is 0.435. The van der Waals surface area contributed by atoms with Crippen LogP contribution in [0.3, 0.4) is 0 Å². The average molecular weight is 431 g/mol. The van der Waals surface area contributed by atoms with Gasteiger partial charge in [-0.05, 0) is 61.3 Å². The maximum Gasteiger partial charge on any atom is 1.00 e. The van der Waals surface area contributed by atoms with Crippen LogP contribution in [-0.4, -0.2) is 27.2 Å². The van der Waals surface area contributed by atoms with Gasteiger partial charge in [-0.25, -0.2) is 4.79 Å². The van der Waals surface area contributed by atoms with Crippen molar-refractivity contribution in [1.29, 1.82) is 0 Å². The van der Waals surface area contributed by atoms with E-state index < -0.39 is 5.97 Å². The number of hydrogen-bond donors (Lipinski definition) is 0. The van der Waals surface area contributed by atoms with Crippen molar-refractivity contribution < 1.29 is 38.2 Å². The summed E-state index contributed by atoms with van der Waals surface area (Å²) in [6, 6.07) is 11.2. The second-order valence-corrected chi connectivity index (χ2v) is 8.12. The van der Waals surface area contributed by atoms with E-state index in [2.05, 4.69) is 4.98 Å². The van der Waals surface area contributed by atoms with Gasteiger partial charge in [0, 0.05) is 25.6 Å². The first-order valence-electron chi connectivity index (χ1n) is 10.5. The molecule has 1 saturated carbocycles. The summed E-state index contributed by atoms with van der Waals surface area (Å²) < 4.78 is 14.4. The van der Waals surface area contributed by atoms with E-state index in [0.717, 1.165) is 29.7 Å². The van der Waals surface area contributed by atoms with Crippen LogP contribution in [0.2, 0.25) is 0 Å². The van der Waals surface area contributed by atoms with Gasteiger partial charge in [-0.3, -0.25) is 9.13 Å². The molecule has 9 heteroatoms. The molecule has 0 amide bonds. The Morgan fingerprint density at radius 2 is 1.94 bits per heavy atom. The van der Waals surface area contributed by atoms with Gasteiger partial charge in [0.1, 0.15) is 12.4 Å². The van der Waals surface area contributed by atoms with Gasteiger partial charge in [0.25, 0.3) is 0 Å². The van der Waals surface area contributed by atoms with Crippen LogP contribution in [-0.2, 0) is 25.0 Å². The Kier molecular flexibility index (Phi) is 7.70. The second-order valence-electron chi connectivity index (χ2n) is 8.12. The molecule has 0 aliphatic heterocycles. The molecule has 1 fully saturated rings. The molecular weight excluding hydrogens is 405 g/mol. The molecule has 0 saturated heterocycles. The molecule has 164 valence electrons. The van der Waals surface area contributed by atoms with Crippen molar-refractivity contribution in [1.82, 2.24) is 14.1 Å². The van der Waals surface area contributed by atoms with Gasteiger partial charge in [0.15, 0.2) is 5.65 Å². The molecule has 1 aromatic carbocycles. The quantitative estimate of drug-likeness (QED) is 0.440. The predicted octanol–water partition coefficient (Wildman–Crippen LogP) is -1.12. The van der Waals surface area contributed by atoms with Crippen LogP contribution in [0, 0.1) is 11.8 Å². The average Bonchev–Trinajstić information content (AvgIpc) is 3.02. The van der Waals surface area contributed by atoms with Gasteiger partial charge in [0.05, 0.1) is 12.6 Å². The minimum atomic E-state index is -0.972. The molecule has 2 aromatic heterocycles. The number of aliphatic carboxylic acids is 1. The summed E-state index contributed by atoms with van der Waals surface area (Å²) in [5, 5.41) is 11.1. The van der Waals surface area contributed by atoms with Crippen molar-refractivity contribution in [2.24, 2.45) is 18.9 Å². The molecule has 4 rings (SSSR count). The molecule has 2 heterocycles.